The molecule has 1 unspecified atom stereocenters. The number of H-pyrrole nitrogens is 2. The lowest BCUT2D eigenvalue weighted by Gasteiger charge is -2.18. The van der Waals surface area contributed by atoms with E-state index in [0.29, 0.717) is 29.2 Å². The van der Waals surface area contributed by atoms with Crippen LogP contribution in [0, 0.1) is 19.3 Å². The molecule has 208 valence electrons. The van der Waals surface area contributed by atoms with Crippen molar-refractivity contribution in [2.24, 2.45) is 0 Å². The molecule has 2 heterocycles. The Bertz CT molecular complexity index is 1630. The largest absolute Gasteiger partial charge is 0.384 e. The van der Waals surface area contributed by atoms with E-state index in [1.807, 2.05) is 74.4 Å². The summed E-state index contributed by atoms with van der Waals surface area (Å²) in [5.74, 6) is 1.77. The number of hydrogen-bond donors (Lipinski definition) is 5. The Morgan fingerprint density at radius 2 is 1.85 bits per heavy atom. The van der Waals surface area contributed by atoms with Crippen molar-refractivity contribution in [3.63, 3.8) is 0 Å². The van der Waals surface area contributed by atoms with Gasteiger partial charge in [0.05, 0.1) is 5.56 Å². The van der Waals surface area contributed by atoms with Gasteiger partial charge in [0.1, 0.15) is 5.35 Å². The summed E-state index contributed by atoms with van der Waals surface area (Å²) in [6, 6.07) is 15.8. The first-order chi connectivity index (χ1) is 19.4. The molecule has 0 radical (unpaired) electrons. The van der Waals surface area contributed by atoms with Crippen LogP contribution in [-0.4, -0.2) is 65.7 Å². The lowest BCUT2D eigenvalue weighted by molar-refractivity contribution is 0.0948. The quantitative estimate of drug-likeness (QED) is 0.178. The lowest BCUT2D eigenvalue weighted by Crippen LogP contribution is -2.35. The second-order valence-corrected chi connectivity index (χ2v) is 9.93. The fourth-order valence-electron chi connectivity index (χ4n) is 5.11. The van der Waals surface area contributed by atoms with Gasteiger partial charge in [-0.15, -0.1) is 0 Å². The Hall–Kier alpha value is -4.39. The fourth-order valence-corrected chi connectivity index (χ4v) is 5.11. The molecule has 0 aliphatic carbocycles. The van der Waals surface area contributed by atoms with Crippen LogP contribution in [0.2, 0.25) is 0 Å². The Morgan fingerprint density at radius 1 is 1.10 bits per heavy atom. The third-order valence-corrected chi connectivity index (χ3v) is 7.49. The standard InChI is InChI=1S/C32H38N6O2/c1-5-38(6-2)15-14-34-32(40)31-21(3)29(36-22(31)4)17-27-26-16-23(12-13-28(26)37-30(27)20-39)24(18-33)19-35-25-10-8-7-9-11-25/h7-13,16-18,24,33,35-37H,5-6,14-15,19H2,1-4H3,(H,34,40)/b27-17-,33-18?. The van der Waals surface area contributed by atoms with E-state index >= 15 is 0 Å². The molecule has 4 rings (SSSR count). The Morgan fingerprint density at radius 3 is 2.52 bits per heavy atom. The van der Waals surface area contributed by atoms with Crippen molar-refractivity contribution >= 4 is 40.7 Å². The number of aromatic amines is 2. The average molecular weight is 539 g/mol. The van der Waals surface area contributed by atoms with Crippen LogP contribution >= 0.6 is 0 Å². The fraction of sp³-hybridized carbons (Fsp3) is 0.312. The van der Waals surface area contributed by atoms with Crippen LogP contribution in [0.25, 0.3) is 17.0 Å². The van der Waals surface area contributed by atoms with Gasteiger partial charge in [-0.3, -0.25) is 4.79 Å². The van der Waals surface area contributed by atoms with Crippen molar-refractivity contribution in [1.82, 2.24) is 20.2 Å². The van der Waals surface area contributed by atoms with Gasteiger partial charge in [0.2, 0.25) is 0 Å². The van der Waals surface area contributed by atoms with Gasteiger partial charge >= 0.3 is 0 Å². The molecule has 0 aliphatic rings. The third-order valence-electron chi connectivity index (χ3n) is 7.49. The third kappa shape index (κ3) is 6.25. The first kappa shape index (κ1) is 28.6. The summed E-state index contributed by atoms with van der Waals surface area (Å²) < 4.78 is 0. The molecule has 0 saturated carbocycles. The van der Waals surface area contributed by atoms with E-state index < -0.39 is 0 Å². The highest BCUT2D eigenvalue weighted by atomic mass is 16.1. The minimum absolute atomic E-state index is 0.110. The van der Waals surface area contributed by atoms with Gasteiger partial charge in [-0.05, 0) is 68.4 Å². The monoisotopic (exact) mass is 538 g/mol. The van der Waals surface area contributed by atoms with Crippen LogP contribution in [0.3, 0.4) is 0 Å². The van der Waals surface area contributed by atoms with Crippen LogP contribution in [0.5, 0.6) is 0 Å². The number of amides is 1. The van der Waals surface area contributed by atoms with E-state index in [0.717, 1.165) is 58.7 Å². The minimum atomic E-state index is -0.155. The Kier molecular flexibility index (Phi) is 9.38. The first-order valence-electron chi connectivity index (χ1n) is 13.8. The second kappa shape index (κ2) is 13.1. The van der Waals surface area contributed by atoms with Crippen molar-refractivity contribution < 1.29 is 9.59 Å². The number of anilines is 1. The van der Waals surface area contributed by atoms with E-state index in [9.17, 15) is 9.59 Å². The zero-order valence-corrected chi connectivity index (χ0v) is 23.7. The van der Waals surface area contributed by atoms with Crippen molar-refractivity contribution in [3.05, 3.63) is 87.2 Å². The topological polar surface area (TPSA) is 117 Å². The summed E-state index contributed by atoms with van der Waals surface area (Å²) in [5.41, 5.74) is 5.76. The summed E-state index contributed by atoms with van der Waals surface area (Å²) in [6.07, 6.45) is 3.34. The number of para-hydroxylation sites is 1. The number of fused-ring (bicyclic) bond motifs is 1. The Labute approximate surface area is 234 Å². The maximum absolute atomic E-state index is 13.1. The van der Waals surface area contributed by atoms with Crippen LogP contribution in [0.15, 0.2) is 48.5 Å². The van der Waals surface area contributed by atoms with Gasteiger partial charge in [-0.1, -0.05) is 38.1 Å². The van der Waals surface area contributed by atoms with Crippen molar-refractivity contribution in [3.8, 4) is 0 Å². The van der Waals surface area contributed by atoms with Crippen molar-refractivity contribution in [2.75, 3.05) is 38.0 Å². The molecule has 5 N–H and O–H groups in total. The number of aromatic nitrogens is 2. The molecule has 4 aromatic rings. The number of hydrogen-bond acceptors (Lipinski definition) is 5. The van der Waals surface area contributed by atoms with E-state index in [4.69, 9.17) is 5.41 Å². The molecule has 0 saturated heterocycles. The molecule has 1 amide bonds. The smallest absolute Gasteiger partial charge is 0.253 e. The predicted octanol–water partition coefficient (Wildman–Crippen LogP) is 3.36. The molecule has 40 heavy (non-hydrogen) atoms. The van der Waals surface area contributed by atoms with Gasteiger partial charge in [-0.25, -0.2) is 4.79 Å². The van der Waals surface area contributed by atoms with Crippen molar-refractivity contribution in [2.45, 2.75) is 33.6 Å². The maximum Gasteiger partial charge on any atom is 0.253 e. The summed E-state index contributed by atoms with van der Waals surface area (Å²) in [4.78, 5) is 33.7. The number of nitrogens with one attached hydrogen (secondary N) is 5. The average Bonchev–Trinajstić information content (AvgIpc) is 3.46. The predicted molar refractivity (Wildman–Crippen MR) is 163 cm³/mol. The summed E-state index contributed by atoms with van der Waals surface area (Å²) in [6.45, 7) is 11.9. The van der Waals surface area contributed by atoms with Crippen LogP contribution in [0.1, 0.15) is 52.6 Å². The summed E-state index contributed by atoms with van der Waals surface area (Å²) >= 11 is 0. The zero-order valence-electron chi connectivity index (χ0n) is 23.7. The molecule has 8 heteroatoms. The first-order valence-corrected chi connectivity index (χ1v) is 13.8. The molecule has 1 atom stereocenters. The molecule has 2 aromatic heterocycles. The summed E-state index contributed by atoms with van der Waals surface area (Å²) in [5, 5.41) is 16.4. The molecular weight excluding hydrogens is 500 g/mol. The molecule has 8 nitrogen and oxygen atoms in total. The normalized spacial score (nSPS) is 12.5. The molecule has 0 aliphatic heterocycles. The number of carbonyl (C=O) groups excluding carboxylic acids is 2. The van der Waals surface area contributed by atoms with Crippen LogP contribution in [-0.2, 0) is 4.79 Å². The molecule has 2 aromatic carbocycles. The highest BCUT2D eigenvalue weighted by Crippen LogP contribution is 2.21. The van der Waals surface area contributed by atoms with Gasteiger partial charge in [0.15, 0.2) is 5.94 Å². The van der Waals surface area contributed by atoms with E-state index in [1.165, 1.54) is 6.21 Å². The van der Waals surface area contributed by atoms with Crippen LogP contribution in [0.4, 0.5) is 5.69 Å². The molecule has 0 fully saturated rings. The lowest BCUT2D eigenvalue weighted by atomic mass is 9.98. The second-order valence-electron chi connectivity index (χ2n) is 9.93. The van der Waals surface area contributed by atoms with E-state index in [1.54, 1.807) is 0 Å². The van der Waals surface area contributed by atoms with Gasteiger partial charge < -0.3 is 30.9 Å². The Balaban J connectivity index is 1.66. The molecule has 0 spiro atoms. The molecular formula is C32H38N6O2. The minimum Gasteiger partial charge on any atom is -0.384 e. The number of aryl methyl sites for hydroxylation is 1. The molecule has 0 bridgehead atoms. The van der Waals surface area contributed by atoms with E-state index in [-0.39, 0.29) is 11.8 Å². The maximum atomic E-state index is 13.1. The summed E-state index contributed by atoms with van der Waals surface area (Å²) in [7, 11) is 0. The highest BCUT2D eigenvalue weighted by molar-refractivity contribution is 5.98. The van der Waals surface area contributed by atoms with Crippen LogP contribution < -0.4 is 21.2 Å². The number of carbonyl (C=O) groups is 1. The SMILES string of the molecule is CCN(CC)CCNC(=O)c1c(C)[nH]c(/C=c2\c(=C=O)[nH]c3ccc(C(C=N)CNc4ccccc4)cc23)c1C. The number of nitrogens with zero attached hydrogens (tertiary/aromatic N) is 1. The van der Waals surface area contributed by atoms with Gasteiger partial charge in [-0.2, -0.15) is 0 Å². The number of rotatable bonds is 12. The highest BCUT2D eigenvalue weighted by Gasteiger charge is 2.18. The number of likely N-dealkylation sites (N-methyl/N-ethyl adjacent to an activating group) is 1. The van der Waals surface area contributed by atoms with E-state index in [2.05, 4.69) is 39.3 Å². The van der Waals surface area contributed by atoms with Gasteiger partial charge in [0, 0.05) is 65.0 Å². The number of benzene rings is 2. The van der Waals surface area contributed by atoms with Crippen molar-refractivity contribution in [1.29, 1.82) is 5.41 Å². The zero-order chi connectivity index (χ0) is 28.6. The van der Waals surface area contributed by atoms with Gasteiger partial charge in [0.25, 0.3) is 5.91 Å².